The van der Waals surface area contributed by atoms with Crippen LogP contribution in [0.3, 0.4) is 0 Å². The predicted octanol–water partition coefficient (Wildman–Crippen LogP) is 3.49. The van der Waals surface area contributed by atoms with Gasteiger partial charge in [0.15, 0.2) is 0 Å². The summed E-state index contributed by atoms with van der Waals surface area (Å²) >= 11 is 0. The number of aliphatic hydroxyl groups excluding tert-OH is 1. The van der Waals surface area contributed by atoms with Gasteiger partial charge in [-0.25, -0.2) is 4.98 Å². The summed E-state index contributed by atoms with van der Waals surface area (Å²) in [6.07, 6.45) is 4.18. The number of aliphatic hydroxyl groups is 1. The molecule has 1 fully saturated rings. The molecule has 0 amide bonds. The highest BCUT2D eigenvalue weighted by molar-refractivity contribution is 5.75. The van der Waals surface area contributed by atoms with Crippen LogP contribution < -0.4 is 10.1 Å². The molecule has 5 heteroatoms. The molecule has 5 nitrogen and oxygen atoms in total. The molecule has 1 aliphatic heterocycles. The molecule has 1 aromatic heterocycles. The van der Waals surface area contributed by atoms with Crippen molar-refractivity contribution in [1.82, 2.24) is 9.97 Å². The summed E-state index contributed by atoms with van der Waals surface area (Å²) in [6, 6.07) is 14.4. The molecule has 0 radical (unpaired) electrons. The Morgan fingerprint density at radius 3 is 2.81 bits per heavy atom. The first-order valence-corrected chi connectivity index (χ1v) is 9.18. The van der Waals surface area contributed by atoms with Crippen LogP contribution in [0.25, 0.3) is 11.0 Å². The van der Waals surface area contributed by atoms with Gasteiger partial charge >= 0.3 is 0 Å². The summed E-state index contributed by atoms with van der Waals surface area (Å²) in [5, 5.41) is 13.4. The molecule has 3 aromatic rings. The number of nitrogens with one attached hydrogen (secondary N) is 1. The molecule has 2 aromatic carbocycles. The van der Waals surface area contributed by atoms with E-state index in [0.29, 0.717) is 5.92 Å². The fourth-order valence-electron chi connectivity index (χ4n) is 3.96. The van der Waals surface area contributed by atoms with Crippen LogP contribution in [0.2, 0.25) is 0 Å². The van der Waals surface area contributed by atoms with Crippen LogP contribution in [-0.2, 0) is 6.42 Å². The molecule has 1 aliphatic carbocycles. The standard InChI is InChI=1S/C21H21N3O2/c25-16-10-15(11-16)21(14-5-6-19-13(9-14)7-8-26-19)24-20-12-22-17-3-1-2-4-18(17)23-20/h1-6,9,12,15-16,21,25H,7-8,10-11H2,(H,23,24)/t15?,16?,21-/m1/s1. The molecule has 2 N–H and O–H groups in total. The summed E-state index contributed by atoms with van der Waals surface area (Å²) < 4.78 is 5.63. The van der Waals surface area contributed by atoms with Crippen LogP contribution >= 0.6 is 0 Å². The third-order valence-electron chi connectivity index (χ3n) is 5.45. The quantitative estimate of drug-likeness (QED) is 0.756. The Bertz CT molecular complexity index is 953. The van der Waals surface area contributed by atoms with Crippen molar-refractivity contribution in [2.45, 2.75) is 31.4 Å². The fraction of sp³-hybridized carbons (Fsp3) is 0.333. The zero-order chi connectivity index (χ0) is 17.5. The van der Waals surface area contributed by atoms with Crippen LogP contribution in [0.1, 0.15) is 30.0 Å². The van der Waals surface area contributed by atoms with Crippen LogP contribution in [0, 0.1) is 5.92 Å². The molecule has 5 rings (SSSR count). The average Bonchev–Trinajstić information content (AvgIpc) is 3.11. The van der Waals surface area contributed by atoms with E-state index in [2.05, 4.69) is 28.5 Å². The number of fused-ring (bicyclic) bond motifs is 2. The largest absolute Gasteiger partial charge is 0.493 e. The second-order valence-electron chi connectivity index (χ2n) is 7.22. The Kier molecular flexibility index (Phi) is 3.75. The van der Waals surface area contributed by atoms with Crippen molar-refractivity contribution in [2.75, 3.05) is 11.9 Å². The maximum absolute atomic E-state index is 9.80. The minimum atomic E-state index is -0.190. The molecule has 0 unspecified atom stereocenters. The molecule has 2 heterocycles. The molecule has 0 bridgehead atoms. The van der Waals surface area contributed by atoms with Crippen molar-refractivity contribution in [3.63, 3.8) is 0 Å². The normalized spacial score (nSPS) is 22.3. The van der Waals surface area contributed by atoms with Gasteiger partial charge in [-0.3, -0.25) is 4.98 Å². The van der Waals surface area contributed by atoms with E-state index >= 15 is 0 Å². The second-order valence-corrected chi connectivity index (χ2v) is 7.22. The summed E-state index contributed by atoms with van der Waals surface area (Å²) in [6.45, 7) is 0.759. The maximum atomic E-state index is 9.80. The topological polar surface area (TPSA) is 67.3 Å². The molecule has 0 saturated heterocycles. The number of ether oxygens (including phenoxy) is 1. The van der Waals surface area contributed by atoms with Crippen molar-refractivity contribution in [3.8, 4) is 5.75 Å². The number of aromatic nitrogens is 2. The summed E-state index contributed by atoms with van der Waals surface area (Å²) in [5.41, 5.74) is 4.26. The van der Waals surface area contributed by atoms with Gasteiger partial charge in [-0.15, -0.1) is 0 Å². The lowest BCUT2D eigenvalue weighted by molar-refractivity contribution is 0.0339. The van der Waals surface area contributed by atoms with Gasteiger partial charge in [0, 0.05) is 6.42 Å². The lowest BCUT2D eigenvalue weighted by atomic mass is 9.75. The lowest BCUT2D eigenvalue weighted by Gasteiger charge is -2.38. The van der Waals surface area contributed by atoms with Gasteiger partial charge in [0.2, 0.25) is 0 Å². The number of hydrogen-bond acceptors (Lipinski definition) is 5. The van der Waals surface area contributed by atoms with E-state index in [1.54, 1.807) is 6.20 Å². The lowest BCUT2D eigenvalue weighted by Crippen LogP contribution is -2.36. The first kappa shape index (κ1) is 15.6. The molecular weight excluding hydrogens is 326 g/mol. The Morgan fingerprint density at radius 2 is 1.96 bits per heavy atom. The summed E-state index contributed by atoms with van der Waals surface area (Å²) in [4.78, 5) is 9.22. The Balaban J connectivity index is 1.47. The monoisotopic (exact) mass is 347 g/mol. The minimum Gasteiger partial charge on any atom is -0.493 e. The van der Waals surface area contributed by atoms with E-state index in [1.165, 1.54) is 11.1 Å². The molecular formula is C21H21N3O2. The molecule has 26 heavy (non-hydrogen) atoms. The first-order chi connectivity index (χ1) is 12.8. The van der Waals surface area contributed by atoms with Gasteiger partial charge in [0.05, 0.1) is 36.0 Å². The van der Waals surface area contributed by atoms with E-state index in [1.807, 2.05) is 24.3 Å². The van der Waals surface area contributed by atoms with Crippen molar-refractivity contribution in [3.05, 3.63) is 59.8 Å². The van der Waals surface area contributed by atoms with Gasteiger partial charge in [-0.2, -0.15) is 0 Å². The smallest absolute Gasteiger partial charge is 0.145 e. The Labute approximate surface area is 152 Å². The fourth-order valence-corrected chi connectivity index (χ4v) is 3.96. The number of benzene rings is 2. The maximum Gasteiger partial charge on any atom is 0.145 e. The van der Waals surface area contributed by atoms with Crippen LogP contribution in [0.15, 0.2) is 48.7 Å². The summed E-state index contributed by atoms with van der Waals surface area (Å²) in [7, 11) is 0. The number of hydrogen-bond donors (Lipinski definition) is 2. The van der Waals surface area contributed by atoms with Gasteiger partial charge < -0.3 is 15.2 Å². The zero-order valence-electron chi connectivity index (χ0n) is 14.4. The average molecular weight is 347 g/mol. The van der Waals surface area contributed by atoms with Gasteiger partial charge in [0.25, 0.3) is 0 Å². The van der Waals surface area contributed by atoms with Crippen molar-refractivity contribution < 1.29 is 9.84 Å². The second kappa shape index (κ2) is 6.25. The third kappa shape index (κ3) is 2.78. The zero-order valence-corrected chi connectivity index (χ0v) is 14.4. The van der Waals surface area contributed by atoms with Crippen LogP contribution in [0.4, 0.5) is 5.82 Å². The van der Waals surface area contributed by atoms with E-state index in [9.17, 15) is 5.11 Å². The third-order valence-corrected chi connectivity index (χ3v) is 5.45. The highest BCUT2D eigenvalue weighted by atomic mass is 16.5. The Hall–Kier alpha value is -2.66. The highest BCUT2D eigenvalue weighted by Gasteiger charge is 2.35. The number of nitrogens with zero attached hydrogens (tertiary/aromatic N) is 2. The van der Waals surface area contributed by atoms with Crippen LogP contribution in [-0.4, -0.2) is 27.8 Å². The minimum absolute atomic E-state index is 0.111. The molecule has 132 valence electrons. The molecule has 0 spiro atoms. The van der Waals surface area contributed by atoms with E-state index < -0.39 is 0 Å². The number of rotatable bonds is 4. The van der Waals surface area contributed by atoms with Crippen molar-refractivity contribution >= 4 is 16.9 Å². The van der Waals surface area contributed by atoms with E-state index in [0.717, 1.165) is 48.5 Å². The SMILES string of the molecule is OC1CC([C@H](Nc2cnc3ccccc3n2)c2ccc3c(c2)CCO3)C1. The number of anilines is 1. The van der Waals surface area contributed by atoms with Gasteiger partial charge in [-0.1, -0.05) is 18.2 Å². The Morgan fingerprint density at radius 1 is 1.12 bits per heavy atom. The molecule has 1 atom stereocenters. The number of para-hydroxylation sites is 2. The van der Waals surface area contributed by atoms with Gasteiger partial charge in [0.1, 0.15) is 11.6 Å². The van der Waals surface area contributed by atoms with Crippen molar-refractivity contribution in [2.24, 2.45) is 5.92 Å². The van der Waals surface area contributed by atoms with E-state index in [-0.39, 0.29) is 12.1 Å². The van der Waals surface area contributed by atoms with Crippen molar-refractivity contribution in [1.29, 1.82) is 0 Å². The highest BCUT2D eigenvalue weighted by Crippen LogP contribution is 2.41. The van der Waals surface area contributed by atoms with E-state index in [4.69, 9.17) is 9.72 Å². The van der Waals surface area contributed by atoms with Crippen LogP contribution in [0.5, 0.6) is 5.75 Å². The molecule has 1 saturated carbocycles. The predicted molar refractivity (Wildman–Crippen MR) is 100 cm³/mol. The van der Waals surface area contributed by atoms with Gasteiger partial charge in [-0.05, 0) is 54.2 Å². The molecule has 2 aliphatic rings. The summed E-state index contributed by atoms with van der Waals surface area (Å²) in [5.74, 6) is 2.15. The first-order valence-electron chi connectivity index (χ1n) is 9.18.